The van der Waals surface area contributed by atoms with Crippen molar-refractivity contribution in [1.29, 1.82) is 0 Å². The quantitative estimate of drug-likeness (QED) is 0.373. The third kappa shape index (κ3) is 3.56. The van der Waals surface area contributed by atoms with Crippen molar-refractivity contribution < 1.29 is 48.0 Å². The number of rotatable bonds is 2. The van der Waals surface area contributed by atoms with Crippen LogP contribution in [0.5, 0.6) is 0 Å². The molecule has 0 amide bonds. The molecule has 0 spiro atoms. The summed E-state index contributed by atoms with van der Waals surface area (Å²) in [6.07, 6.45) is 0. The van der Waals surface area contributed by atoms with Crippen LogP contribution in [0.1, 0.15) is 40.6 Å². The molecule has 0 nitrogen and oxygen atoms in total. The second-order valence-corrected chi connectivity index (χ2v) is 12.0. The maximum absolute atomic E-state index is 2.46. The third-order valence-electron chi connectivity index (χ3n) is 6.49. The first-order valence-electron chi connectivity index (χ1n) is 10.4. The van der Waals surface area contributed by atoms with Gasteiger partial charge in [-0.15, -0.1) is 0 Å². The zero-order valence-corrected chi connectivity index (χ0v) is 21.5. The molecule has 0 saturated carbocycles. The van der Waals surface area contributed by atoms with E-state index in [1.54, 1.807) is 22.3 Å². The largest absolute Gasteiger partial charge is 1.00 e. The SMILES string of the molecule is Cc1ccc2c(c1)[CH]([Zr+2][CH]1c3ccccc3-c3ccc(C)cc31)c1ccccc1-2.[Cl-].[Cl-]. The van der Waals surface area contributed by atoms with Crippen molar-refractivity contribution in [1.82, 2.24) is 0 Å². The second kappa shape index (κ2) is 8.70. The Morgan fingerprint density at radius 3 is 1.32 bits per heavy atom. The Hall–Kier alpha value is -1.66. The van der Waals surface area contributed by atoms with Gasteiger partial charge in [0.25, 0.3) is 0 Å². The summed E-state index contributed by atoms with van der Waals surface area (Å²) < 4.78 is 1.24. The van der Waals surface area contributed by atoms with Crippen LogP contribution >= 0.6 is 0 Å². The van der Waals surface area contributed by atoms with E-state index in [9.17, 15) is 0 Å². The Bertz CT molecular complexity index is 1180. The number of benzene rings is 4. The monoisotopic (exact) mass is 518 g/mol. The summed E-state index contributed by atoms with van der Waals surface area (Å²) in [6.45, 7) is 4.46. The van der Waals surface area contributed by atoms with Crippen LogP contribution in [0.15, 0.2) is 84.9 Å². The zero-order chi connectivity index (χ0) is 19.5. The minimum atomic E-state index is -0.867. The minimum absolute atomic E-state index is 0. The third-order valence-corrected chi connectivity index (χ3v) is 11.2. The molecule has 0 aromatic heterocycles. The topological polar surface area (TPSA) is 0 Å². The fourth-order valence-corrected chi connectivity index (χ4v) is 10.2. The van der Waals surface area contributed by atoms with Crippen molar-refractivity contribution in [3.05, 3.63) is 118 Å². The fourth-order valence-electron chi connectivity index (χ4n) is 5.18. The van der Waals surface area contributed by atoms with Gasteiger partial charge in [-0.05, 0) is 0 Å². The van der Waals surface area contributed by atoms with E-state index in [-0.39, 0.29) is 24.8 Å². The summed E-state index contributed by atoms with van der Waals surface area (Å²) in [4.78, 5) is 0. The van der Waals surface area contributed by atoms with E-state index in [4.69, 9.17) is 0 Å². The Balaban J connectivity index is 0.00000116. The summed E-state index contributed by atoms with van der Waals surface area (Å²) in [5.74, 6) is 0. The average Bonchev–Trinajstić information content (AvgIpc) is 3.21. The smallest absolute Gasteiger partial charge is 1.00 e. The van der Waals surface area contributed by atoms with E-state index in [0.29, 0.717) is 7.25 Å². The maximum Gasteiger partial charge on any atom is -1.00 e. The number of hydrogen-bond acceptors (Lipinski definition) is 0. The molecule has 152 valence electrons. The molecule has 4 aromatic rings. The van der Waals surface area contributed by atoms with Gasteiger partial charge in [0.2, 0.25) is 0 Å². The molecule has 2 unspecified atom stereocenters. The van der Waals surface area contributed by atoms with Crippen LogP contribution in [0.3, 0.4) is 0 Å². The van der Waals surface area contributed by atoms with Gasteiger partial charge in [0.15, 0.2) is 0 Å². The average molecular weight is 521 g/mol. The predicted molar refractivity (Wildman–Crippen MR) is 117 cm³/mol. The van der Waals surface area contributed by atoms with E-state index in [0.717, 1.165) is 0 Å². The first-order chi connectivity index (χ1) is 14.2. The van der Waals surface area contributed by atoms with Crippen molar-refractivity contribution in [2.75, 3.05) is 0 Å². The molecule has 0 heterocycles. The summed E-state index contributed by atoms with van der Waals surface area (Å²) in [5.41, 5.74) is 14.9. The normalized spacial score (nSPS) is 16.7. The van der Waals surface area contributed by atoms with E-state index in [1.165, 1.54) is 33.4 Å². The van der Waals surface area contributed by atoms with Gasteiger partial charge in [-0.3, -0.25) is 0 Å². The van der Waals surface area contributed by atoms with Gasteiger partial charge in [-0.2, -0.15) is 0 Å². The Labute approximate surface area is 208 Å². The van der Waals surface area contributed by atoms with Crippen LogP contribution in [-0.4, -0.2) is 0 Å². The van der Waals surface area contributed by atoms with Gasteiger partial charge >= 0.3 is 185 Å². The molecular formula is C28H22Cl2Zr. The molecule has 0 bridgehead atoms. The maximum atomic E-state index is 2.46. The molecule has 2 aliphatic rings. The number of aryl methyl sites for hydroxylation is 2. The number of hydrogen-bond donors (Lipinski definition) is 0. The molecule has 3 heteroatoms. The molecule has 4 aromatic carbocycles. The van der Waals surface area contributed by atoms with Gasteiger partial charge < -0.3 is 24.8 Å². The summed E-state index contributed by atoms with van der Waals surface area (Å²) >= 11 is -0.867. The first kappa shape index (κ1) is 22.5. The Morgan fingerprint density at radius 1 is 0.484 bits per heavy atom. The Kier molecular flexibility index (Phi) is 6.33. The standard InChI is InChI=1S/2C14H11.2ClH.Zr/c2*1-10-6-7-14-12(8-10)9-11-4-2-3-5-13(11)14;;;/h2*2-9H,1H3;2*1H;/q;;;;+2/p-2. The second-order valence-electron chi connectivity index (χ2n) is 8.39. The van der Waals surface area contributed by atoms with Gasteiger partial charge in [0.05, 0.1) is 0 Å². The van der Waals surface area contributed by atoms with E-state index >= 15 is 0 Å². The molecular weight excluding hydrogens is 498 g/mol. The van der Waals surface area contributed by atoms with Crippen molar-refractivity contribution in [2.45, 2.75) is 21.1 Å². The number of halogens is 2. The van der Waals surface area contributed by atoms with Crippen molar-refractivity contribution >= 4 is 0 Å². The van der Waals surface area contributed by atoms with Crippen LogP contribution in [0, 0.1) is 13.8 Å². The number of fused-ring (bicyclic) bond motifs is 6. The molecule has 6 rings (SSSR count). The van der Waals surface area contributed by atoms with Gasteiger partial charge in [-0.1, -0.05) is 0 Å². The van der Waals surface area contributed by atoms with Crippen LogP contribution in [0.25, 0.3) is 22.3 Å². The van der Waals surface area contributed by atoms with Crippen molar-refractivity contribution in [3.63, 3.8) is 0 Å². The van der Waals surface area contributed by atoms with Gasteiger partial charge in [0, 0.05) is 0 Å². The van der Waals surface area contributed by atoms with Crippen molar-refractivity contribution in [3.8, 4) is 22.3 Å². The van der Waals surface area contributed by atoms with E-state index in [1.807, 2.05) is 0 Å². The van der Waals surface area contributed by atoms with Crippen LogP contribution < -0.4 is 24.8 Å². The predicted octanol–water partition coefficient (Wildman–Crippen LogP) is 1.23. The van der Waals surface area contributed by atoms with Crippen LogP contribution in [0.4, 0.5) is 0 Å². The van der Waals surface area contributed by atoms with Gasteiger partial charge in [-0.25, -0.2) is 0 Å². The summed E-state index contributed by atoms with van der Waals surface area (Å²) in [6, 6.07) is 32.4. The fraction of sp³-hybridized carbons (Fsp3) is 0.143. The molecule has 0 radical (unpaired) electrons. The minimum Gasteiger partial charge on any atom is -1.00 e. The van der Waals surface area contributed by atoms with Crippen LogP contribution in [-0.2, 0) is 23.2 Å². The van der Waals surface area contributed by atoms with Gasteiger partial charge in [0.1, 0.15) is 0 Å². The first-order valence-corrected chi connectivity index (χ1v) is 13.2. The summed E-state index contributed by atoms with van der Waals surface area (Å²) in [7, 11) is 0. The molecule has 0 N–H and O–H groups in total. The molecule has 2 atom stereocenters. The van der Waals surface area contributed by atoms with Crippen LogP contribution in [0.2, 0.25) is 0 Å². The molecule has 31 heavy (non-hydrogen) atoms. The molecule has 0 fully saturated rings. The van der Waals surface area contributed by atoms with E-state index < -0.39 is 23.2 Å². The zero-order valence-electron chi connectivity index (χ0n) is 17.5. The molecule has 0 aliphatic heterocycles. The van der Waals surface area contributed by atoms with E-state index in [2.05, 4.69) is 98.8 Å². The summed E-state index contributed by atoms with van der Waals surface area (Å²) in [5, 5.41) is 0. The molecule has 0 saturated heterocycles. The Morgan fingerprint density at radius 2 is 0.871 bits per heavy atom. The molecule has 2 aliphatic carbocycles. The van der Waals surface area contributed by atoms with Crippen molar-refractivity contribution in [2.24, 2.45) is 0 Å².